The van der Waals surface area contributed by atoms with Crippen molar-refractivity contribution in [2.45, 2.75) is 57.0 Å². The van der Waals surface area contributed by atoms with Gasteiger partial charge in [0.25, 0.3) is 0 Å². The van der Waals surface area contributed by atoms with Crippen LogP contribution < -0.4 is 10.6 Å². The number of aromatic nitrogens is 3. The summed E-state index contributed by atoms with van der Waals surface area (Å²) in [6, 6.07) is 0. The number of thioether (sulfide) groups is 2. The van der Waals surface area contributed by atoms with Crippen LogP contribution in [-0.4, -0.2) is 58.1 Å². The van der Waals surface area contributed by atoms with E-state index in [1.165, 1.54) is 0 Å². The Labute approximate surface area is 184 Å². The molecule has 6 nitrogen and oxygen atoms in total. The summed E-state index contributed by atoms with van der Waals surface area (Å²) in [5.74, 6) is 2.52. The van der Waals surface area contributed by atoms with Crippen LogP contribution >= 0.6 is 47.5 Å². The summed E-state index contributed by atoms with van der Waals surface area (Å²) in [5.41, 5.74) is 0. The molecule has 0 amide bonds. The van der Waals surface area contributed by atoms with E-state index in [-0.39, 0.29) is 28.7 Å². The van der Waals surface area contributed by atoms with Gasteiger partial charge in [-0.15, -0.1) is 34.2 Å². The van der Waals surface area contributed by atoms with Crippen molar-refractivity contribution in [1.29, 1.82) is 0 Å². The van der Waals surface area contributed by atoms with Crippen LogP contribution in [0, 0.1) is 5.92 Å². The summed E-state index contributed by atoms with van der Waals surface area (Å²) in [5, 5.41) is 16.5. The van der Waals surface area contributed by atoms with Crippen molar-refractivity contribution in [2.75, 3.05) is 32.6 Å². The Balaban J connectivity index is 0.00000625. The average molecular weight is 515 g/mol. The van der Waals surface area contributed by atoms with Crippen molar-refractivity contribution < 1.29 is 0 Å². The molecule has 0 aromatic carbocycles. The van der Waals surface area contributed by atoms with Crippen LogP contribution in [0.5, 0.6) is 0 Å². The maximum absolute atomic E-state index is 4.37. The number of hydrogen-bond donors (Lipinski definition) is 2. The summed E-state index contributed by atoms with van der Waals surface area (Å²) in [6.07, 6.45) is 6.10. The molecule has 0 atom stereocenters. The molecule has 26 heavy (non-hydrogen) atoms. The quantitative estimate of drug-likeness (QED) is 0.164. The topological polar surface area (TPSA) is 67.1 Å². The largest absolute Gasteiger partial charge is 0.356 e. The van der Waals surface area contributed by atoms with Gasteiger partial charge in [0.2, 0.25) is 0 Å². The van der Waals surface area contributed by atoms with Crippen LogP contribution in [0.2, 0.25) is 0 Å². The molecule has 2 N–H and O–H groups in total. The fourth-order valence-electron chi connectivity index (χ4n) is 2.25. The number of hydrogen-bond acceptors (Lipinski definition) is 5. The molecule has 1 rings (SSSR count). The van der Waals surface area contributed by atoms with Gasteiger partial charge >= 0.3 is 0 Å². The Kier molecular flexibility index (Phi) is 13.0. The van der Waals surface area contributed by atoms with Crippen molar-refractivity contribution in [3.63, 3.8) is 0 Å². The van der Waals surface area contributed by atoms with Gasteiger partial charge < -0.3 is 15.2 Å². The van der Waals surface area contributed by atoms with Crippen molar-refractivity contribution in [3.05, 3.63) is 5.82 Å². The third kappa shape index (κ3) is 9.16. The Morgan fingerprint density at radius 1 is 1.23 bits per heavy atom. The smallest absolute Gasteiger partial charge is 0.191 e. The molecule has 1 aromatic rings. The highest BCUT2D eigenvalue weighted by molar-refractivity contribution is 14.0. The van der Waals surface area contributed by atoms with Crippen LogP contribution in [-0.2, 0) is 13.0 Å². The highest BCUT2D eigenvalue weighted by Crippen LogP contribution is 2.19. The van der Waals surface area contributed by atoms with Gasteiger partial charge in [-0.3, -0.25) is 4.99 Å². The van der Waals surface area contributed by atoms with E-state index in [0.29, 0.717) is 5.92 Å². The molecule has 1 aromatic heterocycles. The maximum Gasteiger partial charge on any atom is 0.191 e. The molecule has 0 saturated carbocycles. The first-order valence-electron chi connectivity index (χ1n) is 8.78. The van der Waals surface area contributed by atoms with E-state index < -0.39 is 0 Å². The average Bonchev–Trinajstić information content (AvgIpc) is 2.95. The van der Waals surface area contributed by atoms with Crippen LogP contribution in [0.1, 0.15) is 39.9 Å². The predicted octanol–water partition coefficient (Wildman–Crippen LogP) is 3.51. The zero-order valence-corrected chi connectivity index (χ0v) is 21.1. The Morgan fingerprint density at radius 3 is 2.46 bits per heavy atom. The van der Waals surface area contributed by atoms with Crippen molar-refractivity contribution in [2.24, 2.45) is 10.9 Å². The zero-order valence-electron chi connectivity index (χ0n) is 17.1. The minimum atomic E-state index is 0. The van der Waals surface area contributed by atoms with Gasteiger partial charge in [-0.2, -0.15) is 11.8 Å². The molecule has 0 aliphatic carbocycles. The first kappa shape index (κ1) is 25.8. The molecule has 152 valence electrons. The fourth-order valence-corrected chi connectivity index (χ4v) is 2.99. The van der Waals surface area contributed by atoms with E-state index in [4.69, 9.17) is 0 Å². The van der Waals surface area contributed by atoms with E-state index in [2.05, 4.69) is 70.6 Å². The SMILES string of the molecule is CN=C(NCCCc1nnc(SC)n1CC(C)C)NCC(C)(C)SC.I. The zero-order chi connectivity index (χ0) is 18.9. The van der Waals surface area contributed by atoms with E-state index in [0.717, 1.165) is 49.4 Å². The summed E-state index contributed by atoms with van der Waals surface area (Å²) < 4.78 is 2.45. The normalized spacial score (nSPS) is 12.2. The van der Waals surface area contributed by atoms with Crippen LogP contribution in [0.4, 0.5) is 0 Å². The third-order valence-corrected chi connectivity index (χ3v) is 5.77. The lowest BCUT2D eigenvalue weighted by Gasteiger charge is -2.23. The van der Waals surface area contributed by atoms with Gasteiger partial charge in [-0.05, 0) is 38.7 Å². The maximum atomic E-state index is 4.37. The molecule has 0 radical (unpaired) electrons. The Morgan fingerprint density at radius 2 is 1.92 bits per heavy atom. The first-order valence-corrected chi connectivity index (χ1v) is 11.2. The van der Waals surface area contributed by atoms with Gasteiger partial charge in [0.05, 0.1) is 0 Å². The van der Waals surface area contributed by atoms with Crippen molar-refractivity contribution in [1.82, 2.24) is 25.4 Å². The Bertz CT molecular complexity index is 545. The second kappa shape index (κ2) is 13.1. The molecular weight excluding hydrogens is 479 g/mol. The van der Waals surface area contributed by atoms with Gasteiger partial charge in [0, 0.05) is 37.8 Å². The number of nitrogens with one attached hydrogen (secondary N) is 2. The van der Waals surface area contributed by atoms with Gasteiger partial charge in [0.15, 0.2) is 11.1 Å². The van der Waals surface area contributed by atoms with E-state index >= 15 is 0 Å². The number of aliphatic imine (C=N–C) groups is 1. The molecule has 0 bridgehead atoms. The molecule has 0 spiro atoms. The predicted molar refractivity (Wildman–Crippen MR) is 127 cm³/mol. The third-order valence-electron chi connectivity index (χ3n) is 3.85. The summed E-state index contributed by atoms with van der Waals surface area (Å²) in [6.45, 7) is 11.6. The second-order valence-electron chi connectivity index (χ2n) is 7.03. The minimum Gasteiger partial charge on any atom is -0.356 e. The lowest BCUT2D eigenvalue weighted by molar-refractivity contribution is 0.477. The van der Waals surface area contributed by atoms with Crippen LogP contribution in [0.25, 0.3) is 0 Å². The highest BCUT2D eigenvalue weighted by atomic mass is 127. The summed E-state index contributed by atoms with van der Waals surface area (Å²) >= 11 is 3.51. The lowest BCUT2D eigenvalue weighted by atomic mass is 10.2. The number of aryl methyl sites for hydroxylation is 1. The summed E-state index contributed by atoms with van der Waals surface area (Å²) in [7, 11) is 1.81. The first-order chi connectivity index (χ1) is 11.8. The van der Waals surface area contributed by atoms with Crippen LogP contribution in [0.15, 0.2) is 10.1 Å². The molecular formula is C17H35IN6S2. The molecule has 0 unspecified atom stereocenters. The molecule has 0 aliphatic rings. The highest BCUT2D eigenvalue weighted by Gasteiger charge is 2.16. The lowest BCUT2D eigenvalue weighted by Crippen LogP contribution is -2.43. The standard InChI is InChI=1S/C17H34N6S2.HI/c1-13(2)11-23-14(21-22-16(23)24-6)9-8-10-19-15(18-5)20-12-17(3,4)25-7;/h13H,8-12H2,1-7H3,(H2,18,19,20);1H. The van der Waals surface area contributed by atoms with Crippen molar-refractivity contribution >= 4 is 53.5 Å². The van der Waals surface area contributed by atoms with Crippen molar-refractivity contribution in [3.8, 4) is 0 Å². The van der Waals surface area contributed by atoms with Gasteiger partial charge in [-0.1, -0.05) is 25.6 Å². The monoisotopic (exact) mass is 514 g/mol. The number of rotatable bonds is 10. The molecule has 9 heteroatoms. The molecule has 0 fully saturated rings. The van der Waals surface area contributed by atoms with Gasteiger partial charge in [0.1, 0.15) is 5.82 Å². The van der Waals surface area contributed by atoms with Gasteiger partial charge in [-0.25, -0.2) is 0 Å². The van der Waals surface area contributed by atoms with Crippen LogP contribution in [0.3, 0.4) is 0 Å². The number of nitrogens with zero attached hydrogens (tertiary/aromatic N) is 4. The minimum absolute atomic E-state index is 0. The van der Waals surface area contributed by atoms with E-state index in [9.17, 15) is 0 Å². The number of guanidine groups is 1. The summed E-state index contributed by atoms with van der Waals surface area (Å²) in [4.78, 5) is 4.29. The van der Waals surface area contributed by atoms with E-state index in [1.54, 1.807) is 11.8 Å². The number of halogens is 1. The van der Waals surface area contributed by atoms with E-state index in [1.807, 2.05) is 18.8 Å². The molecule has 1 heterocycles. The molecule has 0 saturated heterocycles. The second-order valence-corrected chi connectivity index (χ2v) is 9.31. The fraction of sp³-hybridized carbons (Fsp3) is 0.824. The Hall–Kier alpha value is -0.160. The molecule has 0 aliphatic heterocycles.